The molecule has 106 valence electrons. The van der Waals surface area contributed by atoms with E-state index in [1.165, 1.54) is 0 Å². The van der Waals surface area contributed by atoms with Crippen molar-refractivity contribution in [2.24, 2.45) is 5.41 Å². The van der Waals surface area contributed by atoms with Crippen LogP contribution < -0.4 is 15.2 Å². The van der Waals surface area contributed by atoms with E-state index in [2.05, 4.69) is 34.9 Å². The summed E-state index contributed by atoms with van der Waals surface area (Å²) < 4.78 is 17.4. The highest BCUT2D eigenvalue weighted by Gasteiger charge is 2.26. The summed E-state index contributed by atoms with van der Waals surface area (Å²) in [4.78, 5) is 0. The number of halogens is 1. The maximum Gasteiger partial charge on any atom is 0.222 e. The summed E-state index contributed by atoms with van der Waals surface area (Å²) in [5, 5.41) is 3.92. The Morgan fingerprint density at radius 2 is 1.80 bits per heavy atom. The van der Waals surface area contributed by atoms with E-state index < -0.39 is 0 Å². The van der Waals surface area contributed by atoms with E-state index in [1.807, 2.05) is 12.1 Å². The number of rotatable bonds is 1. The molecule has 0 amide bonds. The van der Waals surface area contributed by atoms with Gasteiger partial charge in [-0.25, -0.2) is 0 Å². The minimum atomic E-state index is -0.0238. The number of hydrogen-bond acceptors (Lipinski definition) is 5. The topological polar surface area (TPSA) is 70.5 Å². The van der Waals surface area contributed by atoms with Crippen molar-refractivity contribution >= 4 is 21.8 Å². The molecule has 0 spiro atoms. The maximum absolute atomic E-state index is 5.85. The zero-order valence-electron chi connectivity index (χ0n) is 11.3. The second-order valence-corrected chi connectivity index (χ2v) is 6.49. The Hall–Kier alpha value is -1.69. The number of nitrogens with two attached hydrogens (primary N) is 1. The zero-order valence-corrected chi connectivity index (χ0v) is 12.9. The summed E-state index contributed by atoms with van der Waals surface area (Å²) in [6.07, 6.45) is 0. The Kier molecular flexibility index (Phi) is 3.12. The average Bonchev–Trinajstić information content (AvgIpc) is 2.75. The van der Waals surface area contributed by atoms with Gasteiger partial charge in [-0.2, -0.15) is 0 Å². The molecule has 0 bridgehead atoms. The van der Waals surface area contributed by atoms with Crippen LogP contribution in [0.1, 0.15) is 13.8 Å². The van der Waals surface area contributed by atoms with Crippen molar-refractivity contribution < 1.29 is 14.0 Å². The van der Waals surface area contributed by atoms with Crippen molar-refractivity contribution in [2.45, 2.75) is 13.8 Å². The van der Waals surface area contributed by atoms with Crippen molar-refractivity contribution in [1.82, 2.24) is 5.16 Å². The summed E-state index contributed by atoms with van der Waals surface area (Å²) in [6, 6.07) is 5.45. The predicted molar refractivity (Wildman–Crippen MR) is 78.8 cm³/mol. The average molecular weight is 339 g/mol. The van der Waals surface area contributed by atoms with Gasteiger partial charge in [-0.15, -0.1) is 0 Å². The predicted octanol–water partition coefficient (Wildman–Crippen LogP) is 3.48. The highest BCUT2D eigenvalue weighted by molar-refractivity contribution is 9.10. The SMILES string of the molecule is CC1(C)COc2cc(Br)c(-c3cc(N)on3)cc2OC1. The minimum Gasteiger partial charge on any atom is -0.489 e. The van der Waals surface area contributed by atoms with Gasteiger partial charge >= 0.3 is 0 Å². The molecule has 2 aromatic rings. The number of nitrogen functional groups attached to an aromatic ring is 1. The molecule has 1 aliphatic heterocycles. The van der Waals surface area contributed by atoms with Gasteiger partial charge in [0.2, 0.25) is 5.88 Å². The fourth-order valence-electron chi connectivity index (χ4n) is 1.96. The lowest BCUT2D eigenvalue weighted by molar-refractivity contribution is 0.140. The third kappa shape index (κ3) is 2.47. The zero-order chi connectivity index (χ0) is 14.3. The summed E-state index contributed by atoms with van der Waals surface area (Å²) in [5.74, 6) is 1.71. The van der Waals surface area contributed by atoms with E-state index in [0.717, 1.165) is 15.8 Å². The lowest BCUT2D eigenvalue weighted by atomic mass is 9.97. The first kappa shape index (κ1) is 13.3. The van der Waals surface area contributed by atoms with Gasteiger partial charge in [0.25, 0.3) is 0 Å². The third-order valence-corrected chi connectivity index (χ3v) is 3.73. The number of aromatic nitrogens is 1. The molecule has 2 heterocycles. The molecule has 0 saturated heterocycles. The van der Waals surface area contributed by atoms with Gasteiger partial charge in [-0.3, -0.25) is 0 Å². The van der Waals surface area contributed by atoms with Gasteiger partial charge in [-0.1, -0.05) is 19.0 Å². The second-order valence-electron chi connectivity index (χ2n) is 5.63. The van der Waals surface area contributed by atoms with E-state index in [-0.39, 0.29) is 11.3 Å². The number of fused-ring (bicyclic) bond motifs is 1. The highest BCUT2D eigenvalue weighted by Crippen LogP contribution is 2.41. The Balaban J connectivity index is 2.02. The van der Waals surface area contributed by atoms with E-state index >= 15 is 0 Å². The van der Waals surface area contributed by atoms with Crippen LogP contribution in [-0.4, -0.2) is 18.4 Å². The first-order valence-electron chi connectivity index (χ1n) is 6.26. The van der Waals surface area contributed by atoms with Crippen LogP contribution in [-0.2, 0) is 0 Å². The van der Waals surface area contributed by atoms with Crippen molar-refractivity contribution in [3.05, 3.63) is 22.7 Å². The molecule has 0 saturated carbocycles. The van der Waals surface area contributed by atoms with Crippen molar-refractivity contribution in [3.63, 3.8) is 0 Å². The van der Waals surface area contributed by atoms with Gasteiger partial charge < -0.3 is 19.7 Å². The van der Waals surface area contributed by atoms with Crippen LogP contribution in [0.15, 0.2) is 27.2 Å². The van der Waals surface area contributed by atoms with Crippen LogP contribution in [0.3, 0.4) is 0 Å². The molecule has 0 radical (unpaired) electrons. The standard InChI is InChI=1S/C14H15BrN2O3/c1-14(2)6-18-11-3-8(10-5-13(16)20-17-10)9(15)4-12(11)19-7-14/h3-5H,6-7,16H2,1-2H3. The van der Waals surface area contributed by atoms with Crippen molar-refractivity contribution in [1.29, 1.82) is 0 Å². The summed E-state index contributed by atoms with van der Waals surface area (Å²) >= 11 is 3.52. The van der Waals surface area contributed by atoms with Crippen LogP contribution >= 0.6 is 15.9 Å². The normalized spacial score (nSPS) is 16.8. The van der Waals surface area contributed by atoms with Crippen LogP contribution in [0.5, 0.6) is 11.5 Å². The summed E-state index contributed by atoms with van der Waals surface area (Å²) in [5.41, 5.74) is 7.05. The Labute approximate surface area is 125 Å². The quantitative estimate of drug-likeness (QED) is 0.861. The number of benzene rings is 1. The lowest BCUT2D eigenvalue weighted by Crippen LogP contribution is -2.26. The van der Waals surface area contributed by atoms with Crippen molar-refractivity contribution in [3.8, 4) is 22.8 Å². The maximum atomic E-state index is 5.85. The summed E-state index contributed by atoms with van der Waals surface area (Å²) in [6.45, 7) is 5.42. The first-order valence-corrected chi connectivity index (χ1v) is 7.06. The monoisotopic (exact) mass is 338 g/mol. The molecule has 5 nitrogen and oxygen atoms in total. The van der Waals surface area contributed by atoms with Gasteiger partial charge in [0.15, 0.2) is 11.5 Å². The molecule has 1 aromatic heterocycles. The molecular formula is C14H15BrN2O3. The molecule has 3 rings (SSSR count). The van der Waals surface area contributed by atoms with Crippen LogP contribution in [0.25, 0.3) is 11.3 Å². The molecule has 0 unspecified atom stereocenters. The second kappa shape index (κ2) is 4.70. The minimum absolute atomic E-state index is 0.0238. The van der Waals surface area contributed by atoms with E-state index in [0.29, 0.717) is 24.7 Å². The Bertz CT molecular complexity index is 652. The molecule has 6 heteroatoms. The molecule has 0 aliphatic carbocycles. The van der Waals surface area contributed by atoms with Gasteiger partial charge in [0, 0.05) is 21.5 Å². The Morgan fingerprint density at radius 1 is 1.15 bits per heavy atom. The number of nitrogens with zero attached hydrogens (tertiary/aromatic N) is 1. The molecule has 1 aromatic carbocycles. The lowest BCUT2D eigenvalue weighted by Gasteiger charge is -2.19. The molecule has 2 N–H and O–H groups in total. The Morgan fingerprint density at radius 3 is 2.40 bits per heavy atom. The van der Waals surface area contributed by atoms with Crippen LogP contribution in [0.2, 0.25) is 0 Å². The molecule has 0 atom stereocenters. The highest BCUT2D eigenvalue weighted by atomic mass is 79.9. The molecule has 0 fully saturated rings. The van der Waals surface area contributed by atoms with E-state index in [9.17, 15) is 0 Å². The molecular weight excluding hydrogens is 324 g/mol. The fraction of sp³-hybridized carbons (Fsp3) is 0.357. The summed E-state index contributed by atoms with van der Waals surface area (Å²) in [7, 11) is 0. The van der Waals surface area contributed by atoms with Gasteiger partial charge in [-0.05, 0) is 28.1 Å². The molecule has 1 aliphatic rings. The van der Waals surface area contributed by atoms with Gasteiger partial charge in [0.1, 0.15) is 5.69 Å². The van der Waals surface area contributed by atoms with Crippen LogP contribution in [0.4, 0.5) is 5.88 Å². The number of anilines is 1. The van der Waals surface area contributed by atoms with Crippen molar-refractivity contribution in [2.75, 3.05) is 18.9 Å². The largest absolute Gasteiger partial charge is 0.489 e. The van der Waals surface area contributed by atoms with Crippen LogP contribution in [0, 0.1) is 5.41 Å². The van der Waals surface area contributed by atoms with E-state index in [1.54, 1.807) is 6.07 Å². The fourth-order valence-corrected chi connectivity index (χ4v) is 2.49. The van der Waals surface area contributed by atoms with Gasteiger partial charge in [0.05, 0.1) is 13.2 Å². The number of ether oxygens (including phenoxy) is 2. The first-order chi connectivity index (χ1) is 9.44. The number of hydrogen-bond donors (Lipinski definition) is 1. The smallest absolute Gasteiger partial charge is 0.222 e. The third-order valence-electron chi connectivity index (χ3n) is 3.07. The van der Waals surface area contributed by atoms with E-state index in [4.69, 9.17) is 19.7 Å². The molecule has 20 heavy (non-hydrogen) atoms.